The summed E-state index contributed by atoms with van der Waals surface area (Å²) in [6, 6.07) is 0. The summed E-state index contributed by atoms with van der Waals surface area (Å²) < 4.78 is 22.7. The van der Waals surface area contributed by atoms with Crippen LogP contribution in [-0.2, 0) is 23.7 Å². The number of aliphatic hydroxyl groups is 4. The summed E-state index contributed by atoms with van der Waals surface area (Å²) >= 11 is 0. The second-order valence-corrected chi connectivity index (χ2v) is 14.1. The molecule has 0 saturated carbocycles. The monoisotopic (exact) mass is 725 g/mol. The third-order valence-corrected chi connectivity index (χ3v) is 9.32. The van der Waals surface area contributed by atoms with Crippen LogP contribution in [0.1, 0.15) is 162 Å². The van der Waals surface area contributed by atoms with Gasteiger partial charge in [-0.2, -0.15) is 0 Å². The second-order valence-electron chi connectivity index (χ2n) is 14.1. The van der Waals surface area contributed by atoms with E-state index < -0.39 is 43.4 Å². The molecule has 1 saturated heterocycles. The Labute approximate surface area is 310 Å². The van der Waals surface area contributed by atoms with Gasteiger partial charge in [0.2, 0.25) is 0 Å². The first-order valence-electron chi connectivity index (χ1n) is 20.6. The Kier molecular flexibility index (Phi) is 31.8. The van der Waals surface area contributed by atoms with Gasteiger partial charge in [-0.25, -0.2) is 0 Å². The highest BCUT2D eigenvalue weighted by molar-refractivity contribution is 5.69. The van der Waals surface area contributed by atoms with Crippen molar-refractivity contribution in [2.24, 2.45) is 0 Å². The summed E-state index contributed by atoms with van der Waals surface area (Å²) in [5, 5.41) is 40.0. The van der Waals surface area contributed by atoms with Crippen LogP contribution in [0.15, 0.2) is 36.5 Å². The number of aliphatic hydroxyl groups excluding tert-OH is 4. The van der Waals surface area contributed by atoms with E-state index in [-0.39, 0.29) is 25.6 Å². The number of esters is 1. The molecule has 51 heavy (non-hydrogen) atoms. The average Bonchev–Trinajstić information content (AvgIpc) is 3.13. The van der Waals surface area contributed by atoms with E-state index in [1.165, 1.54) is 83.5 Å². The van der Waals surface area contributed by atoms with Gasteiger partial charge in [-0.05, 0) is 44.9 Å². The van der Waals surface area contributed by atoms with Gasteiger partial charge in [0.05, 0.1) is 19.8 Å². The minimum atomic E-state index is -1.54. The van der Waals surface area contributed by atoms with Crippen molar-refractivity contribution in [1.82, 2.24) is 0 Å². The first-order chi connectivity index (χ1) is 24.9. The molecule has 0 amide bonds. The van der Waals surface area contributed by atoms with Crippen LogP contribution in [0.5, 0.6) is 0 Å². The lowest BCUT2D eigenvalue weighted by atomic mass is 9.99. The topological polar surface area (TPSA) is 135 Å². The van der Waals surface area contributed by atoms with Crippen molar-refractivity contribution in [3.05, 3.63) is 36.5 Å². The number of carbonyl (C=O) groups excluding carboxylic acids is 1. The summed E-state index contributed by atoms with van der Waals surface area (Å²) in [6.45, 7) is 4.41. The van der Waals surface area contributed by atoms with Crippen LogP contribution >= 0.6 is 0 Å². The minimum absolute atomic E-state index is 0.124. The van der Waals surface area contributed by atoms with Gasteiger partial charge < -0.3 is 39.4 Å². The van der Waals surface area contributed by atoms with Gasteiger partial charge in [0, 0.05) is 13.0 Å². The number of carbonyl (C=O) groups is 1. The Hall–Kier alpha value is -1.59. The fourth-order valence-electron chi connectivity index (χ4n) is 6.09. The molecule has 1 aliphatic heterocycles. The molecule has 6 unspecified atom stereocenters. The van der Waals surface area contributed by atoms with Crippen molar-refractivity contribution in [1.29, 1.82) is 0 Å². The Morgan fingerprint density at radius 3 is 1.78 bits per heavy atom. The van der Waals surface area contributed by atoms with Crippen molar-refractivity contribution in [2.75, 3.05) is 26.4 Å². The highest BCUT2D eigenvalue weighted by Crippen LogP contribution is 2.22. The summed E-state index contributed by atoms with van der Waals surface area (Å²) in [7, 11) is 0. The third kappa shape index (κ3) is 25.9. The van der Waals surface area contributed by atoms with Crippen LogP contribution < -0.4 is 0 Å². The van der Waals surface area contributed by atoms with E-state index in [9.17, 15) is 25.2 Å². The van der Waals surface area contributed by atoms with Crippen LogP contribution in [-0.4, -0.2) is 89.6 Å². The number of rotatable bonds is 34. The molecule has 0 aromatic rings. The summed E-state index contributed by atoms with van der Waals surface area (Å²) in [5.74, 6) is -0.342. The van der Waals surface area contributed by atoms with E-state index in [1.54, 1.807) is 0 Å². The fourth-order valence-corrected chi connectivity index (χ4v) is 6.09. The van der Waals surface area contributed by atoms with E-state index >= 15 is 0 Å². The van der Waals surface area contributed by atoms with E-state index in [0.717, 1.165) is 57.8 Å². The van der Waals surface area contributed by atoms with Crippen LogP contribution in [0.2, 0.25) is 0 Å². The number of hydrogen-bond donors (Lipinski definition) is 4. The van der Waals surface area contributed by atoms with Crippen LogP contribution in [0.4, 0.5) is 0 Å². The minimum Gasteiger partial charge on any atom is -0.457 e. The maximum Gasteiger partial charge on any atom is 0.306 e. The standard InChI is InChI=1S/C42H76O9/c1-3-5-7-9-11-13-15-17-18-20-22-24-26-28-30-32-48-34-36(35-49-42-41(47)40(46)39(45)37(33-43)51-42)50-38(44)31-29-27-25-23-21-19-16-14-12-10-8-6-4-2/h6,8,12,14,19,21,36-37,39-43,45-47H,3-5,7,9-11,13,15-18,20,22-35H2,1-2H3/b8-6-,14-12-,21-19-. The first kappa shape index (κ1) is 47.4. The number of allylic oxidation sites excluding steroid dienone is 6. The molecule has 1 rings (SSSR count). The van der Waals surface area contributed by atoms with Crippen LogP contribution in [0.3, 0.4) is 0 Å². The lowest BCUT2D eigenvalue weighted by Crippen LogP contribution is -2.59. The van der Waals surface area contributed by atoms with E-state index in [0.29, 0.717) is 6.61 Å². The Morgan fingerprint density at radius 2 is 1.20 bits per heavy atom. The molecule has 6 atom stereocenters. The van der Waals surface area contributed by atoms with Crippen molar-refractivity contribution < 1.29 is 44.2 Å². The first-order valence-corrected chi connectivity index (χ1v) is 20.6. The maximum atomic E-state index is 12.7. The molecule has 298 valence electrons. The number of unbranched alkanes of at least 4 members (excludes halogenated alkanes) is 17. The molecule has 9 nitrogen and oxygen atoms in total. The highest BCUT2D eigenvalue weighted by atomic mass is 16.7. The van der Waals surface area contributed by atoms with E-state index in [2.05, 4.69) is 50.3 Å². The molecule has 4 N–H and O–H groups in total. The molecule has 1 fully saturated rings. The number of hydrogen-bond acceptors (Lipinski definition) is 9. The Balaban J connectivity index is 2.32. The maximum absolute atomic E-state index is 12.7. The molecule has 1 heterocycles. The molecule has 0 aromatic heterocycles. The highest BCUT2D eigenvalue weighted by Gasteiger charge is 2.44. The van der Waals surface area contributed by atoms with Gasteiger partial charge in [-0.1, -0.05) is 147 Å². The van der Waals surface area contributed by atoms with E-state index in [1.807, 2.05) is 0 Å². The van der Waals surface area contributed by atoms with Gasteiger partial charge >= 0.3 is 5.97 Å². The quantitative estimate of drug-likeness (QED) is 0.0293. The fraction of sp³-hybridized carbons (Fsp3) is 0.833. The van der Waals surface area contributed by atoms with Crippen molar-refractivity contribution in [3.63, 3.8) is 0 Å². The zero-order valence-corrected chi connectivity index (χ0v) is 32.4. The predicted octanol–water partition coefficient (Wildman–Crippen LogP) is 8.41. The predicted molar refractivity (Wildman–Crippen MR) is 205 cm³/mol. The molecule has 0 spiro atoms. The van der Waals surface area contributed by atoms with Gasteiger partial charge in [0.25, 0.3) is 0 Å². The van der Waals surface area contributed by atoms with Crippen molar-refractivity contribution in [2.45, 2.75) is 198 Å². The van der Waals surface area contributed by atoms with Gasteiger partial charge in [-0.3, -0.25) is 4.79 Å². The second kappa shape index (κ2) is 34.2. The summed E-state index contributed by atoms with van der Waals surface area (Å²) in [4.78, 5) is 12.7. The zero-order chi connectivity index (χ0) is 37.2. The SMILES string of the molecule is CC/C=C\C/C=C\C/C=C\CCCCCC(=O)OC(COCCCCCCCCCCCCCCCCC)COC1OC(CO)C(O)C(O)C1O. The van der Waals surface area contributed by atoms with Crippen LogP contribution in [0.25, 0.3) is 0 Å². The smallest absolute Gasteiger partial charge is 0.306 e. The molecule has 1 aliphatic rings. The summed E-state index contributed by atoms with van der Waals surface area (Å²) in [6.07, 6.45) is 31.7. The molecular formula is C42H76O9. The molecule has 0 aromatic carbocycles. The van der Waals surface area contributed by atoms with Gasteiger partial charge in [-0.15, -0.1) is 0 Å². The van der Waals surface area contributed by atoms with E-state index in [4.69, 9.17) is 18.9 Å². The van der Waals surface area contributed by atoms with Gasteiger partial charge in [0.1, 0.15) is 30.5 Å². The molecule has 0 bridgehead atoms. The van der Waals surface area contributed by atoms with Gasteiger partial charge in [0.15, 0.2) is 6.29 Å². The normalized spacial score (nSPS) is 21.7. The largest absolute Gasteiger partial charge is 0.457 e. The average molecular weight is 725 g/mol. The molecule has 0 aliphatic carbocycles. The molecule has 9 heteroatoms. The summed E-state index contributed by atoms with van der Waals surface area (Å²) in [5.41, 5.74) is 0. The Morgan fingerprint density at radius 1 is 0.647 bits per heavy atom. The zero-order valence-electron chi connectivity index (χ0n) is 32.4. The lowest BCUT2D eigenvalue weighted by molar-refractivity contribution is -0.305. The molecule has 0 radical (unpaired) electrons. The Bertz CT molecular complexity index is 874. The van der Waals surface area contributed by atoms with Crippen LogP contribution in [0, 0.1) is 0 Å². The van der Waals surface area contributed by atoms with Crippen molar-refractivity contribution >= 4 is 5.97 Å². The lowest BCUT2D eigenvalue weighted by Gasteiger charge is -2.39. The number of ether oxygens (including phenoxy) is 4. The van der Waals surface area contributed by atoms with Crippen molar-refractivity contribution in [3.8, 4) is 0 Å². The molecular weight excluding hydrogens is 648 g/mol. The third-order valence-electron chi connectivity index (χ3n) is 9.32.